The van der Waals surface area contributed by atoms with E-state index in [2.05, 4.69) is 21.7 Å². The van der Waals surface area contributed by atoms with Gasteiger partial charge in [0.2, 0.25) is 5.91 Å². The number of benzene rings is 1. The van der Waals surface area contributed by atoms with Crippen molar-refractivity contribution in [2.75, 3.05) is 0 Å². The second-order valence-electron chi connectivity index (χ2n) is 8.21. The number of aromatic nitrogens is 1. The maximum atomic E-state index is 12.8. The van der Waals surface area contributed by atoms with Gasteiger partial charge in [-0.2, -0.15) is 5.26 Å². The third-order valence-corrected chi connectivity index (χ3v) is 5.66. The second-order valence-corrected chi connectivity index (χ2v) is 8.64. The van der Waals surface area contributed by atoms with Gasteiger partial charge < -0.3 is 15.6 Å². The Balaban J connectivity index is 1.69. The van der Waals surface area contributed by atoms with Gasteiger partial charge in [-0.3, -0.25) is 9.59 Å². The molecular formula is C22H27ClN4O2. The van der Waals surface area contributed by atoms with E-state index in [0.29, 0.717) is 29.5 Å². The number of aromatic amines is 1. The van der Waals surface area contributed by atoms with Crippen LogP contribution in [0.2, 0.25) is 5.02 Å². The Kier molecular flexibility index (Phi) is 6.81. The number of halogens is 1. The van der Waals surface area contributed by atoms with Crippen molar-refractivity contribution in [1.29, 1.82) is 5.26 Å². The maximum absolute atomic E-state index is 12.8. The summed E-state index contributed by atoms with van der Waals surface area (Å²) in [5, 5.41) is 16.7. The largest absolute Gasteiger partial charge is 0.350 e. The molecule has 3 rings (SSSR count). The quantitative estimate of drug-likeness (QED) is 0.661. The number of carbonyl (C=O) groups is 2. The van der Waals surface area contributed by atoms with Crippen LogP contribution >= 0.6 is 11.6 Å². The summed E-state index contributed by atoms with van der Waals surface area (Å²) in [6.07, 6.45) is 3.97. The molecule has 2 amide bonds. The number of nitrogens with one attached hydrogen (secondary N) is 3. The Morgan fingerprint density at radius 1 is 1.28 bits per heavy atom. The van der Waals surface area contributed by atoms with Crippen molar-refractivity contribution < 1.29 is 9.59 Å². The first-order valence-electron chi connectivity index (χ1n) is 10.2. The SMILES string of the molecule is CC(C)C[C@@H](C#N)NC(=O)[C@@H]1CCCC[C@@H]1NC(=O)c1cc2ccc(Cl)cc2[nH]1. The summed E-state index contributed by atoms with van der Waals surface area (Å²) in [5.74, 6) is -0.390. The third-order valence-electron chi connectivity index (χ3n) is 5.43. The zero-order chi connectivity index (χ0) is 21.0. The number of nitriles is 1. The van der Waals surface area contributed by atoms with Crippen LogP contribution in [0.15, 0.2) is 24.3 Å². The Morgan fingerprint density at radius 2 is 2.03 bits per heavy atom. The number of rotatable bonds is 6. The van der Waals surface area contributed by atoms with Gasteiger partial charge in [0.1, 0.15) is 11.7 Å². The van der Waals surface area contributed by atoms with Gasteiger partial charge in [0.15, 0.2) is 0 Å². The average molecular weight is 415 g/mol. The molecule has 0 radical (unpaired) electrons. The van der Waals surface area contributed by atoms with Crippen LogP contribution in [0.5, 0.6) is 0 Å². The summed E-state index contributed by atoms with van der Waals surface area (Å²) in [4.78, 5) is 28.7. The molecule has 154 valence electrons. The van der Waals surface area contributed by atoms with E-state index in [1.165, 1.54) is 0 Å². The predicted molar refractivity (Wildman–Crippen MR) is 114 cm³/mol. The van der Waals surface area contributed by atoms with Crippen LogP contribution in [-0.2, 0) is 4.79 Å². The van der Waals surface area contributed by atoms with Crippen LogP contribution in [-0.4, -0.2) is 28.9 Å². The number of carbonyl (C=O) groups excluding carboxylic acids is 2. The molecule has 0 spiro atoms. The predicted octanol–water partition coefficient (Wildman–Crippen LogP) is 4.16. The van der Waals surface area contributed by atoms with Gasteiger partial charge in [0, 0.05) is 22.0 Å². The standard InChI is InChI=1S/C22H27ClN4O2/c1-13(2)9-16(12-24)25-21(28)17-5-3-4-6-18(17)27-22(29)20-10-14-7-8-15(23)11-19(14)26-20/h7-8,10-11,13,16-18,26H,3-6,9H2,1-2H3,(H,25,28)(H,27,29)/t16-,17+,18-/m0/s1. The lowest BCUT2D eigenvalue weighted by Crippen LogP contribution is -2.50. The molecule has 1 fully saturated rings. The molecule has 7 heteroatoms. The molecule has 1 aromatic carbocycles. The highest BCUT2D eigenvalue weighted by Gasteiger charge is 2.33. The summed E-state index contributed by atoms with van der Waals surface area (Å²) in [7, 11) is 0. The molecule has 1 aromatic heterocycles. The van der Waals surface area contributed by atoms with Crippen molar-refractivity contribution in [2.45, 2.75) is 58.0 Å². The van der Waals surface area contributed by atoms with Crippen molar-refractivity contribution >= 4 is 34.3 Å². The van der Waals surface area contributed by atoms with Crippen molar-refractivity contribution in [3.8, 4) is 6.07 Å². The summed E-state index contributed by atoms with van der Waals surface area (Å²) in [5.41, 5.74) is 1.24. The van der Waals surface area contributed by atoms with Gasteiger partial charge >= 0.3 is 0 Å². The molecule has 0 bridgehead atoms. The monoisotopic (exact) mass is 414 g/mol. The second kappa shape index (κ2) is 9.32. The molecule has 0 unspecified atom stereocenters. The number of hydrogen-bond acceptors (Lipinski definition) is 3. The van der Waals surface area contributed by atoms with E-state index in [9.17, 15) is 14.9 Å². The van der Waals surface area contributed by atoms with Gasteiger partial charge in [-0.05, 0) is 43.4 Å². The van der Waals surface area contributed by atoms with Gasteiger partial charge in [-0.25, -0.2) is 0 Å². The lowest BCUT2D eigenvalue weighted by Gasteiger charge is -2.31. The first kappa shape index (κ1) is 21.2. The van der Waals surface area contributed by atoms with E-state index in [1.54, 1.807) is 18.2 Å². The van der Waals surface area contributed by atoms with Gasteiger partial charge in [-0.1, -0.05) is 44.4 Å². The Bertz CT molecular complexity index is 931. The molecule has 29 heavy (non-hydrogen) atoms. The van der Waals surface area contributed by atoms with E-state index < -0.39 is 6.04 Å². The number of hydrogen-bond donors (Lipinski definition) is 3. The Morgan fingerprint density at radius 3 is 2.76 bits per heavy atom. The van der Waals surface area contributed by atoms with E-state index in [0.717, 1.165) is 30.2 Å². The molecule has 2 aromatic rings. The van der Waals surface area contributed by atoms with Crippen LogP contribution in [0.4, 0.5) is 0 Å². The van der Waals surface area contributed by atoms with Crippen molar-refractivity contribution in [3.05, 3.63) is 35.0 Å². The Labute approximate surface area is 176 Å². The van der Waals surface area contributed by atoms with E-state index in [4.69, 9.17) is 11.6 Å². The van der Waals surface area contributed by atoms with E-state index in [-0.39, 0.29) is 23.8 Å². The molecule has 0 saturated heterocycles. The number of fused-ring (bicyclic) bond motifs is 1. The molecule has 1 saturated carbocycles. The fourth-order valence-electron chi connectivity index (χ4n) is 3.98. The summed E-state index contributed by atoms with van der Waals surface area (Å²) < 4.78 is 0. The highest BCUT2D eigenvalue weighted by molar-refractivity contribution is 6.31. The molecule has 3 N–H and O–H groups in total. The third kappa shape index (κ3) is 5.30. The van der Waals surface area contributed by atoms with E-state index in [1.807, 2.05) is 19.9 Å². The minimum atomic E-state index is -0.501. The van der Waals surface area contributed by atoms with Crippen LogP contribution in [0.3, 0.4) is 0 Å². The molecule has 1 aliphatic rings. The average Bonchev–Trinajstić information content (AvgIpc) is 3.10. The maximum Gasteiger partial charge on any atom is 0.267 e. The van der Waals surface area contributed by atoms with Gasteiger partial charge in [0.25, 0.3) is 5.91 Å². The van der Waals surface area contributed by atoms with Gasteiger partial charge in [-0.15, -0.1) is 0 Å². The first-order chi connectivity index (χ1) is 13.9. The zero-order valence-electron chi connectivity index (χ0n) is 16.8. The van der Waals surface area contributed by atoms with Crippen molar-refractivity contribution in [1.82, 2.24) is 15.6 Å². The normalized spacial score (nSPS) is 20.2. The Hall–Kier alpha value is -2.52. The molecule has 1 aliphatic carbocycles. The molecule has 3 atom stereocenters. The number of nitrogens with zero attached hydrogens (tertiary/aromatic N) is 1. The lowest BCUT2D eigenvalue weighted by molar-refractivity contribution is -0.127. The van der Waals surface area contributed by atoms with Gasteiger partial charge in [0.05, 0.1) is 12.0 Å². The fraction of sp³-hybridized carbons (Fsp3) is 0.500. The zero-order valence-corrected chi connectivity index (χ0v) is 17.6. The fourth-order valence-corrected chi connectivity index (χ4v) is 4.15. The van der Waals surface area contributed by atoms with Crippen LogP contribution < -0.4 is 10.6 Å². The number of H-pyrrole nitrogens is 1. The summed E-state index contributed by atoms with van der Waals surface area (Å²) >= 11 is 6.01. The van der Waals surface area contributed by atoms with Crippen LogP contribution in [0, 0.1) is 23.2 Å². The van der Waals surface area contributed by atoms with Crippen molar-refractivity contribution in [3.63, 3.8) is 0 Å². The molecule has 6 nitrogen and oxygen atoms in total. The minimum Gasteiger partial charge on any atom is -0.350 e. The smallest absolute Gasteiger partial charge is 0.267 e. The summed E-state index contributed by atoms with van der Waals surface area (Å²) in [6, 6.07) is 8.63. The molecule has 0 aliphatic heterocycles. The molecular weight excluding hydrogens is 388 g/mol. The lowest BCUT2D eigenvalue weighted by atomic mass is 9.83. The molecule has 1 heterocycles. The van der Waals surface area contributed by atoms with Crippen LogP contribution in [0.1, 0.15) is 56.4 Å². The summed E-state index contributed by atoms with van der Waals surface area (Å²) in [6.45, 7) is 4.04. The number of amides is 2. The van der Waals surface area contributed by atoms with Crippen molar-refractivity contribution in [2.24, 2.45) is 11.8 Å². The minimum absolute atomic E-state index is 0.148. The van der Waals surface area contributed by atoms with E-state index >= 15 is 0 Å². The van der Waals surface area contributed by atoms with Crippen LogP contribution in [0.25, 0.3) is 10.9 Å². The first-order valence-corrected chi connectivity index (χ1v) is 10.5. The highest BCUT2D eigenvalue weighted by atomic mass is 35.5. The highest BCUT2D eigenvalue weighted by Crippen LogP contribution is 2.26. The topological polar surface area (TPSA) is 97.8 Å².